The molecule has 2 aromatic carbocycles. The molecule has 1 atom stereocenters. The third-order valence-electron chi connectivity index (χ3n) is 4.89. The first-order chi connectivity index (χ1) is 15.6. The average Bonchev–Trinajstić information content (AvgIpc) is 2.82. The monoisotopic (exact) mass is 459 g/mol. The van der Waals surface area contributed by atoms with Crippen molar-refractivity contribution in [3.05, 3.63) is 54.0 Å². The molecular weight excluding hydrogens is 434 g/mol. The van der Waals surface area contributed by atoms with Crippen molar-refractivity contribution in [2.45, 2.75) is 23.8 Å². The zero-order valence-corrected chi connectivity index (χ0v) is 18.2. The lowest BCUT2D eigenvalue weighted by atomic mass is 10.1. The number of aliphatic carboxylic acids is 1. The first-order valence-corrected chi connectivity index (χ1v) is 11.4. The summed E-state index contributed by atoms with van der Waals surface area (Å²) in [4.78, 5) is 12.2. The van der Waals surface area contributed by atoms with Crippen molar-refractivity contribution in [1.29, 1.82) is 0 Å². The lowest BCUT2D eigenvalue weighted by Crippen LogP contribution is -2.33. The summed E-state index contributed by atoms with van der Waals surface area (Å²) >= 11 is 1.81. The molecule has 2 heterocycles. The number of nitrogens with one attached hydrogen (secondary N) is 1. The summed E-state index contributed by atoms with van der Waals surface area (Å²) < 4.78 is 22.0. The number of fused-ring (bicyclic) bond motifs is 2. The summed E-state index contributed by atoms with van der Waals surface area (Å²) in [5, 5.41) is 22.3. The second kappa shape index (κ2) is 10.6. The Hall–Kier alpha value is -2.88. The van der Waals surface area contributed by atoms with Gasteiger partial charge in [0.2, 0.25) is 5.76 Å². The molecule has 2 aliphatic heterocycles. The first-order valence-electron chi connectivity index (χ1n) is 10.4. The van der Waals surface area contributed by atoms with Gasteiger partial charge >= 0.3 is 5.97 Å². The Bertz CT molecular complexity index is 994. The topological polar surface area (TPSA) is 106 Å². The molecule has 0 aromatic heterocycles. The van der Waals surface area contributed by atoms with Crippen LogP contribution in [-0.2, 0) is 11.2 Å². The molecule has 4 rings (SSSR count). The number of hydrogen-bond acceptors (Lipinski definition) is 8. The number of carboxylic acids is 1. The van der Waals surface area contributed by atoms with Crippen LogP contribution in [0.2, 0.25) is 0 Å². The summed E-state index contributed by atoms with van der Waals surface area (Å²) in [6, 6.07) is 11.0. The van der Waals surface area contributed by atoms with Crippen LogP contribution in [0.3, 0.4) is 0 Å². The quantitative estimate of drug-likeness (QED) is 0.463. The zero-order valence-electron chi connectivity index (χ0n) is 17.4. The molecule has 0 amide bonds. The van der Waals surface area contributed by atoms with Crippen molar-refractivity contribution in [2.24, 2.45) is 0 Å². The summed E-state index contributed by atoms with van der Waals surface area (Å²) in [7, 11) is 0. The van der Waals surface area contributed by atoms with Gasteiger partial charge in [-0.2, -0.15) is 0 Å². The van der Waals surface area contributed by atoms with E-state index in [0.29, 0.717) is 31.2 Å². The Morgan fingerprint density at radius 3 is 3.00 bits per heavy atom. The van der Waals surface area contributed by atoms with Gasteiger partial charge in [-0.25, -0.2) is 4.79 Å². The van der Waals surface area contributed by atoms with Gasteiger partial charge < -0.3 is 34.5 Å². The van der Waals surface area contributed by atoms with E-state index < -0.39 is 12.1 Å². The minimum atomic E-state index is -1.21. The maximum absolute atomic E-state index is 11.0. The molecule has 0 saturated heterocycles. The van der Waals surface area contributed by atoms with E-state index in [9.17, 15) is 9.90 Å². The van der Waals surface area contributed by atoms with Crippen molar-refractivity contribution < 1.29 is 34.0 Å². The summed E-state index contributed by atoms with van der Waals surface area (Å²) in [5.74, 6) is 1.66. The number of aryl methyl sites for hydroxylation is 1. The van der Waals surface area contributed by atoms with Crippen molar-refractivity contribution in [1.82, 2.24) is 5.32 Å². The first kappa shape index (κ1) is 22.3. The smallest absolute Gasteiger partial charge is 0.375 e. The number of carboxylic acid groups (broad SMARTS) is 1. The molecular formula is C23H25NO7S. The minimum absolute atomic E-state index is 0.215. The fourth-order valence-corrected chi connectivity index (χ4v) is 4.45. The molecule has 0 saturated carbocycles. The van der Waals surface area contributed by atoms with Crippen LogP contribution < -0.4 is 24.3 Å². The van der Waals surface area contributed by atoms with Gasteiger partial charge in [-0.15, -0.1) is 11.8 Å². The van der Waals surface area contributed by atoms with E-state index in [-0.39, 0.29) is 18.1 Å². The maximum Gasteiger partial charge on any atom is 0.375 e. The molecule has 0 radical (unpaired) electrons. The van der Waals surface area contributed by atoms with E-state index >= 15 is 0 Å². The molecule has 1 unspecified atom stereocenters. The number of rotatable bonds is 10. The summed E-state index contributed by atoms with van der Waals surface area (Å²) in [5.41, 5.74) is 1.32. The normalized spacial score (nSPS) is 15.3. The second-order valence-electron chi connectivity index (χ2n) is 7.33. The standard InChI is InChI=1S/C23H25NO7S/c25-16(13-29-19-5-1-3-15-4-2-10-32-22(15)19)12-24-8-9-28-17-6-7-18-20(11-17)31-21(14-30-18)23(26)27/h1,3,5-7,11,14,16,24-25H,2,4,8-10,12-13H2,(H,26,27). The molecule has 0 spiro atoms. The number of aliphatic hydroxyl groups excluding tert-OH is 1. The van der Waals surface area contributed by atoms with Crippen LogP contribution in [0.4, 0.5) is 0 Å². The number of ether oxygens (including phenoxy) is 4. The molecule has 0 fully saturated rings. The van der Waals surface area contributed by atoms with Crippen LogP contribution in [-0.4, -0.2) is 54.3 Å². The predicted octanol–water partition coefficient (Wildman–Crippen LogP) is 2.83. The Labute approximate surface area is 190 Å². The van der Waals surface area contributed by atoms with E-state index in [2.05, 4.69) is 11.4 Å². The highest BCUT2D eigenvalue weighted by Crippen LogP contribution is 2.37. The van der Waals surface area contributed by atoms with E-state index in [1.165, 1.54) is 16.9 Å². The lowest BCUT2D eigenvalue weighted by Gasteiger charge is -2.20. The van der Waals surface area contributed by atoms with E-state index in [1.54, 1.807) is 18.2 Å². The van der Waals surface area contributed by atoms with Gasteiger partial charge in [0.05, 0.1) is 4.90 Å². The second-order valence-corrected chi connectivity index (χ2v) is 8.43. The predicted molar refractivity (Wildman–Crippen MR) is 119 cm³/mol. The lowest BCUT2D eigenvalue weighted by molar-refractivity contribution is -0.135. The fraction of sp³-hybridized carbons (Fsp3) is 0.348. The van der Waals surface area contributed by atoms with Gasteiger partial charge in [0.15, 0.2) is 11.5 Å². The number of aliphatic hydroxyl groups is 1. The molecule has 3 N–H and O–H groups in total. The zero-order chi connectivity index (χ0) is 22.3. The molecule has 0 bridgehead atoms. The van der Waals surface area contributed by atoms with E-state index in [4.69, 9.17) is 24.1 Å². The number of carbonyl (C=O) groups is 1. The average molecular weight is 460 g/mol. The Morgan fingerprint density at radius 1 is 1.22 bits per heavy atom. The van der Waals surface area contributed by atoms with Crippen molar-refractivity contribution in [3.8, 4) is 23.0 Å². The molecule has 170 valence electrons. The number of thioether (sulfide) groups is 1. The van der Waals surface area contributed by atoms with Crippen LogP contribution in [0.1, 0.15) is 12.0 Å². The Kier molecular flexibility index (Phi) is 7.41. The molecule has 8 nitrogen and oxygen atoms in total. The van der Waals surface area contributed by atoms with Crippen LogP contribution in [0.15, 0.2) is 53.3 Å². The van der Waals surface area contributed by atoms with Crippen LogP contribution in [0, 0.1) is 0 Å². The van der Waals surface area contributed by atoms with E-state index in [0.717, 1.165) is 24.2 Å². The highest BCUT2D eigenvalue weighted by molar-refractivity contribution is 7.99. The van der Waals surface area contributed by atoms with Gasteiger partial charge in [-0.3, -0.25) is 0 Å². The van der Waals surface area contributed by atoms with Crippen LogP contribution >= 0.6 is 11.8 Å². The molecule has 0 aliphatic carbocycles. The third kappa shape index (κ3) is 5.67. The maximum atomic E-state index is 11.0. The highest BCUT2D eigenvalue weighted by atomic mass is 32.2. The van der Waals surface area contributed by atoms with E-state index in [1.807, 2.05) is 23.9 Å². The fourth-order valence-electron chi connectivity index (χ4n) is 3.34. The SMILES string of the molecule is O=C(O)C1=COc2ccc(OCCNCC(O)COc3cccc4c3SCCC4)cc2O1. The molecule has 32 heavy (non-hydrogen) atoms. The highest BCUT2D eigenvalue weighted by Gasteiger charge is 2.20. The summed E-state index contributed by atoms with van der Waals surface area (Å²) in [6.07, 6.45) is 2.66. The van der Waals surface area contributed by atoms with Crippen LogP contribution in [0.5, 0.6) is 23.0 Å². The number of benzene rings is 2. The number of hydrogen-bond donors (Lipinski definition) is 3. The molecule has 9 heteroatoms. The van der Waals surface area contributed by atoms with Gasteiger partial charge in [0.25, 0.3) is 0 Å². The minimum Gasteiger partial charge on any atom is -0.492 e. The van der Waals surface area contributed by atoms with Gasteiger partial charge in [-0.05, 0) is 42.4 Å². The Morgan fingerprint density at radius 2 is 2.12 bits per heavy atom. The molecule has 2 aromatic rings. The van der Waals surface area contributed by atoms with Crippen molar-refractivity contribution >= 4 is 17.7 Å². The third-order valence-corrected chi connectivity index (χ3v) is 6.14. The van der Waals surface area contributed by atoms with Crippen LogP contribution in [0.25, 0.3) is 0 Å². The van der Waals surface area contributed by atoms with Gasteiger partial charge in [0.1, 0.15) is 37.1 Å². The van der Waals surface area contributed by atoms with Gasteiger partial charge in [-0.1, -0.05) is 12.1 Å². The summed E-state index contributed by atoms with van der Waals surface area (Å²) in [6.45, 7) is 1.46. The van der Waals surface area contributed by atoms with Crippen molar-refractivity contribution in [3.63, 3.8) is 0 Å². The largest absolute Gasteiger partial charge is 0.492 e. The van der Waals surface area contributed by atoms with Crippen molar-refractivity contribution in [2.75, 3.05) is 32.1 Å². The molecule has 2 aliphatic rings. The Balaban J connectivity index is 1.16. The van der Waals surface area contributed by atoms with Gasteiger partial charge in [0, 0.05) is 19.2 Å².